The van der Waals surface area contributed by atoms with E-state index >= 15 is 0 Å². The summed E-state index contributed by atoms with van der Waals surface area (Å²) in [6.07, 6.45) is 3.16. The van der Waals surface area contributed by atoms with E-state index in [9.17, 15) is 5.11 Å². The van der Waals surface area contributed by atoms with E-state index in [-0.39, 0.29) is 6.61 Å². The smallest absolute Gasteiger partial charge is 0.122 e. The standard InChI is InChI=1S/C18H23N3O2/c22-12-17-15-11-21(7-5-16(15)19-20-17)10-13-6-8-23-18-4-2-1-3-14(18)9-13/h1-4,13,22H,5-12H2,(H,19,20)/t13-/m0/s1. The second kappa shape index (κ2) is 6.34. The summed E-state index contributed by atoms with van der Waals surface area (Å²) in [5.74, 6) is 1.66. The number of nitrogens with one attached hydrogen (secondary N) is 1. The van der Waals surface area contributed by atoms with Crippen LogP contribution in [0.4, 0.5) is 0 Å². The summed E-state index contributed by atoms with van der Waals surface area (Å²) in [6, 6.07) is 8.39. The molecule has 4 rings (SSSR count). The quantitative estimate of drug-likeness (QED) is 0.908. The average molecular weight is 313 g/mol. The zero-order valence-corrected chi connectivity index (χ0v) is 13.3. The second-order valence-corrected chi connectivity index (χ2v) is 6.59. The van der Waals surface area contributed by atoms with Gasteiger partial charge in [-0.15, -0.1) is 0 Å². The van der Waals surface area contributed by atoms with Gasteiger partial charge in [-0.05, 0) is 30.4 Å². The van der Waals surface area contributed by atoms with Crippen LogP contribution in [0.2, 0.25) is 0 Å². The third-order valence-corrected chi connectivity index (χ3v) is 5.03. The lowest BCUT2D eigenvalue weighted by Crippen LogP contribution is -2.35. The summed E-state index contributed by atoms with van der Waals surface area (Å²) in [4.78, 5) is 2.50. The zero-order valence-electron chi connectivity index (χ0n) is 13.3. The Hall–Kier alpha value is -1.85. The molecule has 1 aromatic carbocycles. The number of aromatic nitrogens is 2. The van der Waals surface area contributed by atoms with Gasteiger partial charge in [0.25, 0.3) is 0 Å². The van der Waals surface area contributed by atoms with Crippen LogP contribution in [0.3, 0.4) is 0 Å². The first kappa shape index (κ1) is 14.7. The minimum Gasteiger partial charge on any atom is -0.493 e. The molecule has 0 bridgehead atoms. The second-order valence-electron chi connectivity index (χ2n) is 6.59. The highest BCUT2D eigenvalue weighted by Crippen LogP contribution is 2.28. The van der Waals surface area contributed by atoms with Gasteiger partial charge < -0.3 is 9.84 Å². The van der Waals surface area contributed by atoms with Gasteiger partial charge >= 0.3 is 0 Å². The largest absolute Gasteiger partial charge is 0.493 e. The van der Waals surface area contributed by atoms with Crippen molar-refractivity contribution in [1.82, 2.24) is 15.1 Å². The molecule has 0 saturated heterocycles. The van der Waals surface area contributed by atoms with Gasteiger partial charge in [-0.25, -0.2) is 0 Å². The molecule has 5 heteroatoms. The van der Waals surface area contributed by atoms with Crippen molar-refractivity contribution in [1.29, 1.82) is 0 Å². The Bertz CT molecular complexity index is 669. The highest BCUT2D eigenvalue weighted by Gasteiger charge is 2.25. The van der Waals surface area contributed by atoms with Gasteiger partial charge in [0, 0.05) is 37.3 Å². The van der Waals surface area contributed by atoms with Crippen molar-refractivity contribution in [3.05, 3.63) is 46.8 Å². The van der Waals surface area contributed by atoms with E-state index in [0.717, 1.165) is 56.9 Å². The highest BCUT2D eigenvalue weighted by molar-refractivity contribution is 5.34. The Balaban J connectivity index is 1.45. The average Bonchev–Trinajstić information content (AvgIpc) is 2.87. The summed E-state index contributed by atoms with van der Waals surface area (Å²) in [7, 11) is 0. The molecule has 23 heavy (non-hydrogen) atoms. The number of hydrogen-bond acceptors (Lipinski definition) is 4. The summed E-state index contributed by atoms with van der Waals surface area (Å²) in [5, 5.41) is 16.7. The van der Waals surface area contributed by atoms with Crippen LogP contribution >= 0.6 is 0 Å². The minimum absolute atomic E-state index is 0.0182. The van der Waals surface area contributed by atoms with E-state index in [4.69, 9.17) is 4.74 Å². The van der Waals surface area contributed by atoms with Crippen molar-refractivity contribution < 1.29 is 9.84 Å². The lowest BCUT2D eigenvalue weighted by Gasteiger charge is -2.30. The molecule has 3 heterocycles. The minimum atomic E-state index is 0.0182. The van der Waals surface area contributed by atoms with Crippen LogP contribution in [-0.2, 0) is 26.0 Å². The number of aliphatic hydroxyl groups is 1. The maximum Gasteiger partial charge on any atom is 0.122 e. The SMILES string of the molecule is OCc1n[nH]c2c1CN(C[C@H]1CCOc3ccccc3C1)CC2. The normalized spacial score (nSPS) is 21.2. The number of benzene rings is 1. The van der Waals surface area contributed by atoms with Crippen LogP contribution in [0.5, 0.6) is 5.75 Å². The molecule has 2 N–H and O–H groups in total. The third kappa shape index (κ3) is 2.99. The van der Waals surface area contributed by atoms with E-state index < -0.39 is 0 Å². The fourth-order valence-corrected chi connectivity index (χ4v) is 3.78. The van der Waals surface area contributed by atoms with Crippen molar-refractivity contribution in [2.24, 2.45) is 5.92 Å². The highest BCUT2D eigenvalue weighted by atomic mass is 16.5. The Kier molecular flexibility index (Phi) is 4.06. The van der Waals surface area contributed by atoms with E-state index in [2.05, 4.69) is 33.3 Å². The molecule has 1 atom stereocenters. The molecule has 0 radical (unpaired) electrons. The van der Waals surface area contributed by atoms with Gasteiger partial charge in [0.2, 0.25) is 0 Å². The molecule has 2 aliphatic rings. The van der Waals surface area contributed by atoms with Crippen LogP contribution in [0.25, 0.3) is 0 Å². The molecule has 0 saturated carbocycles. The van der Waals surface area contributed by atoms with Crippen LogP contribution in [0.1, 0.15) is 28.9 Å². The summed E-state index contributed by atoms with van der Waals surface area (Å²) in [6.45, 7) is 3.84. The molecule has 0 fully saturated rings. The van der Waals surface area contributed by atoms with Crippen molar-refractivity contribution in [2.75, 3.05) is 19.7 Å². The van der Waals surface area contributed by atoms with Gasteiger partial charge in [0.1, 0.15) is 5.75 Å². The van der Waals surface area contributed by atoms with Crippen LogP contribution in [-0.4, -0.2) is 39.9 Å². The van der Waals surface area contributed by atoms with Crippen LogP contribution < -0.4 is 4.74 Å². The number of nitrogens with zero attached hydrogens (tertiary/aromatic N) is 2. The Morgan fingerprint density at radius 2 is 2.26 bits per heavy atom. The number of aromatic amines is 1. The molecule has 2 aromatic rings. The van der Waals surface area contributed by atoms with Gasteiger partial charge in [-0.3, -0.25) is 10.00 Å². The molecule has 0 amide bonds. The number of hydrogen-bond donors (Lipinski definition) is 2. The lowest BCUT2D eigenvalue weighted by molar-refractivity contribution is 0.193. The number of ether oxygens (including phenoxy) is 1. The molecule has 0 unspecified atom stereocenters. The first-order chi connectivity index (χ1) is 11.3. The number of fused-ring (bicyclic) bond motifs is 2. The maximum absolute atomic E-state index is 9.42. The molecule has 122 valence electrons. The van der Waals surface area contributed by atoms with Crippen molar-refractivity contribution >= 4 is 0 Å². The van der Waals surface area contributed by atoms with E-state index in [1.54, 1.807) is 0 Å². The predicted octanol–water partition coefficient (Wildman–Crippen LogP) is 1.90. The molecule has 0 spiro atoms. The monoisotopic (exact) mass is 313 g/mol. The molecule has 0 aliphatic carbocycles. The summed E-state index contributed by atoms with van der Waals surface area (Å²) < 4.78 is 5.88. The number of rotatable bonds is 3. The number of H-pyrrole nitrogens is 1. The molecular formula is C18H23N3O2. The number of aliphatic hydroxyl groups excluding tert-OH is 1. The predicted molar refractivity (Wildman–Crippen MR) is 87.2 cm³/mol. The van der Waals surface area contributed by atoms with Crippen LogP contribution in [0.15, 0.2) is 24.3 Å². The van der Waals surface area contributed by atoms with Gasteiger partial charge in [0.15, 0.2) is 0 Å². The van der Waals surface area contributed by atoms with Gasteiger partial charge in [-0.1, -0.05) is 18.2 Å². The molecular weight excluding hydrogens is 290 g/mol. The van der Waals surface area contributed by atoms with Crippen molar-refractivity contribution in [3.63, 3.8) is 0 Å². The Morgan fingerprint density at radius 3 is 3.17 bits per heavy atom. The molecule has 1 aromatic heterocycles. The van der Waals surface area contributed by atoms with E-state index in [0.29, 0.717) is 5.92 Å². The number of para-hydroxylation sites is 1. The Labute approximate surface area is 136 Å². The van der Waals surface area contributed by atoms with Gasteiger partial charge in [0.05, 0.1) is 18.9 Å². The lowest BCUT2D eigenvalue weighted by atomic mass is 9.95. The van der Waals surface area contributed by atoms with Crippen molar-refractivity contribution in [2.45, 2.75) is 32.4 Å². The topological polar surface area (TPSA) is 61.4 Å². The Morgan fingerprint density at radius 1 is 1.35 bits per heavy atom. The maximum atomic E-state index is 9.42. The first-order valence-electron chi connectivity index (χ1n) is 8.42. The fraction of sp³-hybridized carbons (Fsp3) is 0.500. The third-order valence-electron chi connectivity index (χ3n) is 5.03. The fourth-order valence-electron chi connectivity index (χ4n) is 3.78. The molecule has 5 nitrogen and oxygen atoms in total. The van der Waals surface area contributed by atoms with E-state index in [1.807, 2.05) is 6.07 Å². The molecule has 2 aliphatic heterocycles. The summed E-state index contributed by atoms with van der Waals surface area (Å²) in [5.41, 5.74) is 4.52. The summed E-state index contributed by atoms with van der Waals surface area (Å²) >= 11 is 0. The van der Waals surface area contributed by atoms with Crippen molar-refractivity contribution in [3.8, 4) is 5.75 Å². The van der Waals surface area contributed by atoms with E-state index in [1.165, 1.54) is 16.8 Å². The zero-order chi connectivity index (χ0) is 15.6. The van der Waals surface area contributed by atoms with Crippen LogP contribution in [0, 0.1) is 5.92 Å². The van der Waals surface area contributed by atoms with Gasteiger partial charge in [-0.2, -0.15) is 5.10 Å². The first-order valence-corrected chi connectivity index (χ1v) is 8.42.